The zero-order valence-electron chi connectivity index (χ0n) is 11.7. The summed E-state index contributed by atoms with van der Waals surface area (Å²) in [5.41, 5.74) is 2.65. The number of fused-ring (bicyclic) bond motifs is 2. The number of amides is 1. The Bertz CT molecular complexity index is 1040. The molecule has 2 aromatic carbocycles. The summed E-state index contributed by atoms with van der Waals surface area (Å²) in [5, 5.41) is 13.0. The van der Waals surface area contributed by atoms with Crippen LogP contribution in [0.5, 0.6) is 0 Å². The standard InChI is InChI=1S/C14H11N5O3S/c20-13-7-8-6-9(4-5-10(8)15-13)23(21,22)18-12-3-1-2-11-14(12)17-19-16-11/h1-6,18H,7H2,(H,15,20)(H,16,17,19). The molecule has 3 aromatic rings. The highest BCUT2D eigenvalue weighted by atomic mass is 32.2. The minimum atomic E-state index is -3.79. The zero-order valence-corrected chi connectivity index (χ0v) is 12.5. The topological polar surface area (TPSA) is 117 Å². The molecule has 0 spiro atoms. The summed E-state index contributed by atoms with van der Waals surface area (Å²) in [6.45, 7) is 0. The molecule has 1 aliphatic heterocycles. The molecule has 9 heteroatoms. The second-order valence-electron chi connectivity index (χ2n) is 5.15. The molecule has 0 saturated carbocycles. The number of nitrogens with one attached hydrogen (secondary N) is 3. The van der Waals surface area contributed by atoms with Gasteiger partial charge in [-0.1, -0.05) is 6.07 Å². The van der Waals surface area contributed by atoms with Gasteiger partial charge in [-0.3, -0.25) is 9.52 Å². The van der Waals surface area contributed by atoms with Crippen molar-refractivity contribution in [2.75, 3.05) is 10.0 Å². The lowest BCUT2D eigenvalue weighted by Crippen LogP contribution is -2.13. The fraction of sp³-hybridized carbons (Fsp3) is 0.0714. The SMILES string of the molecule is O=C1Cc2cc(S(=O)(=O)Nc3cccc4n[nH]nc34)ccc2N1. The van der Waals surface area contributed by atoms with E-state index in [1.54, 1.807) is 24.3 Å². The molecular formula is C14H11N5O3S. The Morgan fingerprint density at radius 1 is 1.13 bits per heavy atom. The Kier molecular flexibility index (Phi) is 2.85. The molecule has 0 bridgehead atoms. The first-order valence-corrected chi connectivity index (χ1v) is 8.26. The summed E-state index contributed by atoms with van der Waals surface area (Å²) in [6.07, 6.45) is 0.178. The number of rotatable bonds is 3. The first kappa shape index (κ1) is 13.7. The Hall–Kier alpha value is -2.94. The number of anilines is 2. The fourth-order valence-corrected chi connectivity index (χ4v) is 3.64. The second-order valence-corrected chi connectivity index (χ2v) is 6.83. The largest absolute Gasteiger partial charge is 0.326 e. The number of carbonyl (C=O) groups is 1. The van der Waals surface area contributed by atoms with E-state index in [2.05, 4.69) is 25.4 Å². The van der Waals surface area contributed by atoms with Crippen molar-refractivity contribution in [3.05, 3.63) is 42.0 Å². The number of sulfonamides is 1. The first-order chi connectivity index (χ1) is 11.0. The van der Waals surface area contributed by atoms with Gasteiger partial charge in [-0.2, -0.15) is 15.4 Å². The molecule has 0 aliphatic carbocycles. The third kappa shape index (κ3) is 2.30. The molecule has 0 radical (unpaired) electrons. The number of hydrogen-bond donors (Lipinski definition) is 3. The van der Waals surface area contributed by atoms with Crippen molar-refractivity contribution in [3.8, 4) is 0 Å². The van der Waals surface area contributed by atoms with Gasteiger partial charge in [0.15, 0.2) is 0 Å². The predicted molar refractivity (Wildman–Crippen MR) is 83.5 cm³/mol. The van der Waals surface area contributed by atoms with Crippen molar-refractivity contribution in [2.45, 2.75) is 11.3 Å². The molecule has 4 rings (SSSR count). The summed E-state index contributed by atoms with van der Waals surface area (Å²) in [7, 11) is -3.79. The van der Waals surface area contributed by atoms with Gasteiger partial charge in [0, 0.05) is 5.69 Å². The number of carbonyl (C=O) groups excluding carboxylic acids is 1. The average molecular weight is 329 g/mol. The second kappa shape index (κ2) is 4.78. The van der Waals surface area contributed by atoms with E-state index in [0.29, 0.717) is 28.0 Å². The molecule has 3 N–H and O–H groups in total. The van der Waals surface area contributed by atoms with Crippen LogP contribution in [0.1, 0.15) is 5.56 Å². The van der Waals surface area contributed by atoms with Gasteiger partial charge in [-0.15, -0.1) is 0 Å². The zero-order chi connectivity index (χ0) is 16.0. The highest BCUT2D eigenvalue weighted by Gasteiger charge is 2.22. The molecule has 2 heterocycles. The average Bonchev–Trinajstić information content (AvgIpc) is 3.11. The van der Waals surface area contributed by atoms with Crippen LogP contribution in [0.2, 0.25) is 0 Å². The highest BCUT2D eigenvalue weighted by Crippen LogP contribution is 2.28. The normalized spacial score (nSPS) is 13.8. The number of benzene rings is 2. The number of aromatic amines is 1. The number of nitrogens with zero attached hydrogens (tertiary/aromatic N) is 2. The van der Waals surface area contributed by atoms with Crippen LogP contribution in [-0.4, -0.2) is 29.7 Å². The molecule has 1 aliphatic rings. The third-order valence-corrected chi connectivity index (χ3v) is 4.97. The minimum absolute atomic E-state index is 0.0910. The van der Waals surface area contributed by atoms with E-state index in [1.807, 2.05) is 0 Å². The predicted octanol–water partition coefficient (Wildman–Crippen LogP) is 1.25. The van der Waals surface area contributed by atoms with Gasteiger partial charge in [0.25, 0.3) is 10.0 Å². The molecule has 116 valence electrons. The molecule has 0 unspecified atom stereocenters. The van der Waals surface area contributed by atoms with Crippen molar-refractivity contribution in [1.29, 1.82) is 0 Å². The summed E-state index contributed by atoms with van der Waals surface area (Å²) < 4.78 is 27.7. The van der Waals surface area contributed by atoms with E-state index in [0.717, 1.165) is 0 Å². The van der Waals surface area contributed by atoms with E-state index >= 15 is 0 Å². The van der Waals surface area contributed by atoms with Crippen LogP contribution in [-0.2, 0) is 21.2 Å². The van der Waals surface area contributed by atoms with Crippen LogP contribution in [0.15, 0.2) is 41.3 Å². The fourth-order valence-electron chi connectivity index (χ4n) is 2.53. The summed E-state index contributed by atoms with van der Waals surface area (Å²) >= 11 is 0. The van der Waals surface area contributed by atoms with Crippen LogP contribution in [0.3, 0.4) is 0 Å². The Morgan fingerprint density at radius 2 is 2.00 bits per heavy atom. The van der Waals surface area contributed by atoms with E-state index in [1.165, 1.54) is 12.1 Å². The molecule has 0 saturated heterocycles. The molecule has 23 heavy (non-hydrogen) atoms. The van der Waals surface area contributed by atoms with E-state index in [9.17, 15) is 13.2 Å². The molecule has 1 aromatic heterocycles. The molecular weight excluding hydrogens is 318 g/mol. The number of para-hydroxylation sites is 1. The van der Waals surface area contributed by atoms with Gasteiger partial charge in [0.2, 0.25) is 5.91 Å². The van der Waals surface area contributed by atoms with Gasteiger partial charge in [-0.25, -0.2) is 8.42 Å². The molecule has 0 fully saturated rings. The summed E-state index contributed by atoms with van der Waals surface area (Å²) in [6, 6.07) is 9.57. The van der Waals surface area contributed by atoms with Crippen LogP contribution in [0, 0.1) is 0 Å². The van der Waals surface area contributed by atoms with Crippen molar-refractivity contribution in [3.63, 3.8) is 0 Å². The molecule has 8 nitrogen and oxygen atoms in total. The van der Waals surface area contributed by atoms with Crippen molar-refractivity contribution in [2.24, 2.45) is 0 Å². The number of aromatic nitrogens is 3. The maximum Gasteiger partial charge on any atom is 0.261 e. The van der Waals surface area contributed by atoms with Gasteiger partial charge >= 0.3 is 0 Å². The van der Waals surface area contributed by atoms with Crippen LogP contribution in [0.4, 0.5) is 11.4 Å². The summed E-state index contributed by atoms with van der Waals surface area (Å²) in [5.74, 6) is -0.144. The highest BCUT2D eigenvalue weighted by molar-refractivity contribution is 7.92. The van der Waals surface area contributed by atoms with Crippen molar-refractivity contribution >= 4 is 38.3 Å². The van der Waals surface area contributed by atoms with Crippen molar-refractivity contribution < 1.29 is 13.2 Å². The first-order valence-electron chi connectivity index (χ1n) is 6.78. The smallest absolute Gasteiger partial charge is 0.261 e. The van der Waals surface area contributed by atoms with E-state index < -0.39 is 10.0 Å². The van der Waals surface area contributed by atoms with E-state index in [4.69, 9.17) is 0 Å². The third-order valence-electron chi connectivity index (χ3n) is 3.60. The summed E-state index contributed by atoms with van der Waals surface area (Å²) in [4.78, 5) is 11.5. The Labute approximate surface area is 131 Å². The van der Waals surface area contributed by atoms with Crippen LogP contribution in [0.25, 0.3) is 11.0 Å². The van der Waals surface area contributed by atoms with Gasteiger partial charge in [0.05, 0.1) is 17.0 Å². The van der Waals surface area contributed by atoms with Gasteiger partial charge in [-0.05, 0) is 35.9 Å². The van der Waals surface area contributed by atoms with E-state index in [-0.39, 0.29) is 17.2 Å². The minimum Gasteiger partial charge on any atom is -0.326 e. The lowest BCUT2D eigenvalue weighted by Gasteiger charge is -2.09. The monoisotopic (exact) mass is 329 g/mol. The van der Waals surface area contributed by atoms with Crippen LogP contribution >= 0.6 is 0 Å². The Balaban J connectivity index is 1.73. The van der Waals surface area contributed by atoms with Gasteiger partial charge < -0.3 is 5.32 Å². The molecule has 1 amide bonds. The lowest BCUT2D eigenvalue weighted by molar-refractivity contribution is -0.115. The molecule has 0 atom stereocenters. The number of hydrogen-bond acceptors (Lipinski definition) is 5. The lowest BCUT2D eigenvalue weighted by atomic mass is 10.2. The maximum atomic E-state index is 12.6. The number of H-pyrrole nitrogens is 1. The van der Waals surface area contributed by atoms with Crippen LogP contribution < -0.4 is 10.0 Å². The quantitative estimate of drug-likeness (QED) is 0.668. The van der Waals surface area contributed by atoms with Gasteiger partial charge in [0.1, 0.15) is 11.0 Å². The van der Waals surface area contributed by atoms with Crippen molar-refractivity contribution in [1.82, 2.24) is 15.4 Å². The maximum absolute atomic E-state index is 12.6. The Morgan fingerprint density at radius 3 is 2.87 bits per heavy atom.